The summed E-state index contributed by atoms with van der Waals surface area (Å²) in [5.41, 5.74) is 10.4. The maximum absolute atomic E-state index is 10.6. The summed E-state index contributed by atoms with van der Waals surface area (Å²) in [6, 6.07) is 6.14. The Morgan fingerprint density at radius 1 is 1.40 bits per heavy atom. The van der Waals surface area contributed by atoms with E-state index in [1.165, 1.54) is 12.3 Å². The minimum absolute atomic E-state index is 0.0490. The number of hydrogen-bond donors (Lipinski definition) is 2. The van der Waals surface area contributed by atoms with Crippen LogP contribution in [-0.4, -0.2) is 17.1 Å². The fourth-order valence-electron chi connectivity index (χ4n) is 0.921. The molecule has 0 amide bonds. The van der Waals surface area contributed by atoms with Gasteiger partial charge in [0.2, 0.25) is 5.96 Å². The molecule has 0 aliphatic rings. The lowest BCUT2D eigenvalue weighted by Crippen LogP contribution is -2.21. The van der Waals surface area contributed by atoms with Crippen LogP contribution in [0.5, 0.6) is 0 Å². The lowest BCUT2D eigenvalue weighted by atomic mass is 10.2. The van der Waals surface area contributed by atoms with E-state index in [1.54, 1.807) is 18.2 Å². The number of nitrogens with two attached hydrogens (primary N) is 2. The molecule has 7 heteroatoms. The SMILES string of the molecule is NC(N)=NN=Cc1ccccc1[N+](=O)[O-]. The maximum Gasteiger partial charge on any atom is 0.278 e. The van der Waals surface area contributed by atoms with E-state index in [4.69, 9.17) is 11.5 Å². The van der Waals surface area contributed by atoms with E-state index in [-0.39, 0.29) is 11.6 Å². The normalized spacial score (nSPS) is 10.1. The van der Waals surface area contributed by atoms with Crippen LogP contribution in [-0.2, 0) is 0 Å². The Labute approximate surface area is 85.3 Å². The molecule has 1 aromatic carbocycles. The minimum atomic E-state index is -0.503. The van der Waals surface area contributed by atoms with Gasteiger partial charge in [0.05, 0.1) is 16.7 Å². The van der Waals surface area contributed by atoms with Crippen molar-refractivity contribution in [1.29, 1.82) is 0 Å². The lowest BCUT2D eigenvalue weighted by Gasteiger charge is -1.94. The highest BCUT2D eigenvalue weighted by Gasteiger charge is 2.09. The molecule has 0 saturated carbocycles. The van der Waals surface area contributed by atoms with Crippen LogP contribution >= 0.6 is 0 Å². The molecule has 0 saturated heterocycles. The van der Waals surface area contributed by atoms with Gasteiger partial charge < -0.3 is 11.5 Å². The number of nitrogens with zero attached hydrogens (tertiary/aromatic N) is 3. The molecule has 0 heterocycles. The van der Waals surface area contributed by atoms with Gasteiger partial charge in [-0.2, -0.15) is 5.10 Å². The van der Waals surface area contributed by atoms with Crippen molar-refractivity contribution in [2.75, 3.05) is 0 Å². The number of rotatable bonds is 3. The summed E-state index contributed by atoms with van der Waals surface area (Å²) in [6.07, 6.45) is 1.22. The van der Waals surface area contributed by atoms with Crippen LogP contribution < -0.4 is 11.5 Å². The van der Waals surface area contributed by atoms with Crippen molar-refractivity contribution >= 4 is 17.9 Å². The summed E-state index contributed by atoms with van der Waals surface area (Å²) in [5.74, 6) is -0.204. The van der Waals surface area contributed by atoms with Gasteiger partial charge in [0.1, 0.15) is 0 Å². The summed E-state index contributed by atoms with van der Waals surface area (Å²) in [4.78, 5) is 10.1. The summed E-state index contributed by atoms with van der Waals surface area (Å²) in [6.45, 7) is 0. The first-order chi connectivity index (χ1) is 7.11. The van der Waals surface area contributed by atoms with Crippen LogP contribution in [0.25, 0.3) is 0 Å². The van der Waals surface area contributed by atoms with Gasteiger partial charge in [0.15, 0.2) is 0 Å². The van der Waals surface area contributed by atoms with Crippen molar-refractivity contribution in [3.8, 4) is 0 Å². The Morgan fingerprint density at radius 2 is 2.07 bits per heavy atom. The summed E-state index contributed by atoms with van der Waals surface area (Å²) in [7, 11) is 0. The van der Waals surface area contributed by atoms with Gasteiger partial charge in [-0.3, -0.25) is 10.1 Å². The van der Waals surface area contributed by atoms with Crippen molar-refractivity contribution in [1.82, 2.24) is 0 Å². The van der Waals surface area contributed by atoms with E-state index in [9.17, 15) is 10.1 Å². The number of benzene rings is 1. The number of guanidine groups is 1. The predicted octanol–water partition coefficient (Wildman–Crippen LogP) is 0.202. The molecule has 15 heavy (non-hydrogen) atoms. The van der Waals surface area contributed by atoms with Gasteiger partial charge in [0, 0.05) is 6.07 Å². The monoisotopic (exact) mass is 207 g/mol. The van der Waals surface area contributed by atoms with Crippen LogP contribution in [0.3, 0.4) is 0 Å². The highest BCUT2D eigenvalue weighted by Crippen LogP contribution is 2.15. The van der Waals surface area contributed by atoms with Gasteiger partial charge in [-0.1, -0.05) is 12.1 Å². The first kappa shape index (κ1) is 10.6. The molecule has 0 spiro atoms. The molecular weight excluding hydrogens is 198 g/mol. The first-order valence-electron chi connectivity index (χ1n) is 3.96. The third-order valence-electron chi connectivity index (χ3n) is 1.50. The third-order valence-corrected chi connectivity index (χ3v) is 1.50. The Hall–Kier alpha value is -2.44. The second-order valence-corrected chi connectivity index (χ2v) is 2.59. The van der Waals surface area contributed by atoms with E-state index in [1.807, 2.05) is 0 Å². The molecule has 0 aromatic heterocycles. The van der Waals surface area contributed by atoms with Gasteiger partial charge in [-0.05, 0) is 6.07 Å². The quantitative estimate of drug-likeness (QED) is 0.318. The fourth-order valence-corrected chi connectivity index (χ4v) is 0.921. The molecule has 0 atom stereocenters. The first-order valence-corrected chi connectivity index (χ1v) is 3.96. The van der Waals surface area contributed by atoms with E-state index in [2.05, 4.69) is 10.2 Å². The lowest BCUT2D eigenvalue weighted by molar-refractivity contribution is -0.385. The van der Waals surface area contributed by atoms with Crippen LogP contribution in [0.2, 0.25) is 0 Å². The molecule has 0 unspecified atom stereocenters. The maximum atomic E-state index is 10.6. The Balaban J connectivity index is 2.99. The zero-order chi connectivity index (χ0) is 11.3. The second-order valence-electron chi connectivity index (χ2n) is 2.59. The average molecular weight is 207 g/mol. The van der Waals surface area contributed by atoms with Crippen molar-refractivity contribution in [2.24, 2.45) is 21.7 Å². The highest BCUT2D eigenvalue weighted by molar-refractivity contribution is 5.86. The van der Waals surface area contributed by atoms with Crippen LogP contribution in [0, 0.1) is 10.1 Å². The Morgan fingerprint density at radius 3 is 2.67 bits per heavy atom. The summed E-state index contributed by atoms with van der Waals surface area (Å²) < 4.78 is 0. The fraction of sp³-hybridized carbons (Fsp3) is 0. The Kier molecular flexibility index (Phi) is 3.33. The molecular formula is C8H9N5O2. The Bertz CT molecular complexity index is 423. The number of para-hydroxylation sites is 1. The minimum Gasteiger partial charge on any atom is -0.369 e. The van der Waals surface area contributed by atoms with E-state index in [0.717, 1.165) is 0 Å². The van der Waals surface area contributed by atoms with Crippen LogP contribution in [0.15, 0.2) is 34.5 Å². The summed E-state index contributed by atoms with van der Waals surface area (Å²) >= 11 is 0. The molecule has 0 bridgehead atoms. The molecule has 0 fully saturated rings. The summed E-state index contributed by atoms with van der Waals surface area (Å²) in [5, 5.41) is 17.4. The molecule has 1 aromatic rings. The third kappa shape index (κ3) is 3.07. The molecule has 0 aliphatic carbocycles. The van der Waals surface area contributed by atoms with Gasteiger partial charge in [-0.25, -0.2) is 0 Å². The van der Waals surface area contributed by atoms with Crippen molar-refractivity contribution in [3.63, 3.8) is 0 Å². The number of hydrogen-bond acceptors (Lipinski definition) is 4. The molecule has 0 aliphatic heterocycles. The zero-order valence-electron chi connectivity index (χ0n) is 7.70. The van der Waals surface area contributed by atoms with Gasteiger partial charge >= 0.3 is 0 Å². The molecule has 1 rings (SSSR count). The predicted molar refractivity (Wildman–Crippen MR) is 56.5 cm³/mol. The molecule has 4 N–H and O–H groups in total. The van der Waals surface area contributed by atoms with Crippen LogP contribution in [0.4, 0.5) is 5.69 Å². The van der Waals surface area contributed by atoms with E-state index >= 15 is 0 Å². The smallest absolute Gasteiger partial charge is 0.278 e. The number of nitro groups is 1. The molecule has 0 radical (unpaired) electrons. The second kappa shape index (κ2) is 4.70. The van der Waals surface area contributed by atoms with Crippen molar-refractivity contribution in [2.45, 2.75) is 0 Å². The highest BCUT2D eigenvalue weighted by atomic mass is 16.6. The van der Waals surface area contributed by atoms with Crippen molar-refractivity contribution < 1.29 is 4.92 Å². The zero-order valence-corrected chi connectivity index (χ0v) is 7.70. The number of nitro benzene ring substituents is 1. The van der Waals surface area contributed by atoms with Gasteiger partial charge in [0.25, 0.3) is 5.69 Å². The van der Waals surface area contributed by atoms with E-state index in [0.29, 0.717) is 5.56 Å². The van der Waals surface area contributed by atoms with E-state index < -0.39 is 4.92 Å². The topological polar surface area (TPSA) is 120 Å². The van der Waals surface area contributed by atoms with Crippen molar-refractivity contribution in [3.05, 3.63) is 39.9 Å². The standard InChI is InChI=1S/C8H9N5O2/c9-8(10)12-11-5-6-3-1-2-4-7(6)13(14)15/h1-5H,(H4,9,10,12). The van der Waals surface area contributed by atoms with Gasteiger partial charge in [-0.15, -0.1) is 5.10 Å². The largest absolute Gasteiger partial charge is 0.369 e. The molecule has 78 valence electrons. The molecule has 7 nitrogen and oxygen atoms in total. The average Bonchev–Trinajstić information content (AvgIpc) is 2.17. The van der Waals surface area contributed by atoms with Crippen LogP contribution in [0.1, 0.15) is 5.56 Å².